The Labute approximate surface area is 106 Å². The molecule has 18 heavy (non-hydrogen) atoms. The van der Waals surface area contributed by atoms with Crippen LogP contribution in [-0.2, 0) is 0 Å². The maximum absolute atomic E-state index is 11.3. The van der Waals surface area contributed by atoms with E-state index in [1.54, 1.807) is 16.8 Å². The maximum Gasteiger partial charge on any atom is 0.337 e. The second-order valence-electron chi connectivity index (χ2n) is 4.53. The van der Waals surface area contributed by atoms with Crippen molar-refractivity contribution in [3.05, 3.63) is 46.3 Å². The van der Waals surface area contributed by atoms with E-state index in [1.165, 1.54) is 0 Å². The van der Waals surface area contributed by atoms with Gasteiger partial charge in [0.15, 0.2) is 0 Å². The first-order valence-corrected chi connectivity index (χ1v) is 5.79. The minimum atomic E-state index is -0.935. The van der Waals surface area contributed by atoms with Crippen LogP contribution in [-0.4, -0.2) is 20.9 Å². The molecule has 2 rings (SSSR count). The number of carboxylic acids is 1. The van der Waals surface area contributed by atoms with Gasteiger partial charge >= 0.3 is 5.97 Å². The van der Waals surface area contributed by atoms with Gasteiger partial charge in [-0.2, -0.15) is 5.10 Å². The summed E-state index contributed by atoms with van der Waals surface area (Å²) in [5.41, 5.74) is 4.89. The molecule has 0 bridgehead atoms. The Hall–Kier alpha value is -2.10. The summed E-state index contributed by atoms with van der Waals surface area (Å²) in [7, 11) is 0. The first-order valence-electron chi connectivity index (χ1n) is 5.79. The molecular weight excluding hydrogens is 228 g/mol. The van der Waals surface area contributed by atoms with E-state index in [9.17, 15) is 9.90 Å². The molecule has 0 amide bonds. The van der Waals surface area contributed by atoms with Gasteiger partial charge in [-0.3, -0.25) is 0 Å². The number of hydrogen-bond donors (Lipinski definition) is 1. The van der Waals surface area contributed by atoms with Gasteiger partial charge < -0.3 is 5.11 Å². The molecule has 0 unspecified atom stereocenters. The molecule has 0 aliphatic heterocycles. The predicted octanol–water partition coefficient (Wildman–Crippen LogP) is 2.80. The summed E-state index contributed by atoms with van der Waals surface area (Å²) in [5, 5.41) is 13.7. The Morgan fingerprint density at radius 2 is 1.89 bits per heavy atom. The minimum absolute atomic E-state index is 0.270. The molecule has 0 radical (unpaired) electrons. The third-order valence-electron chi connectivity index (χ3n) is 3.26. The van der Waals surface area contributed by atoms with Gasteiger partial charge in [0.2, 0.25) is 0 Å². The zero-order chi connectivity index (χ0) is 13.4. The summed E-state index contributed by atoms with van der Waals surface area (Å²) in [6.07, 6.45) is 0. The van der Waals surface area contributed by atoms with Crippen molar-refractivity contribution in [3.8, 4) is 5.69 Å². The first-order chi connectivity index (χ1) is 8.41. The second kappa shape index (κ2) is 4.29. The van der Waals surface area contributed by atoms with Gasteiger partial charge in [0.05, 0.1) is 16.9 Å². The van der Waals surface area contributed by atoms with Crippen molar-refractivity contribution in [3.63, 3.8) is 0 Å². The van der Waals surface area contributed by atoms with Crippen LogP contribution in [0.25, 0.3) is 5.69 Å². The second-order valence-corrected chi connectivity index (χ2v) is 4.53. The van der Waals surface area contributed by atoms with Crippen molar-refractivity contribution in [2.45, 2.75) is 27.7 Å². The molecule has 0 spiro atoms. The van der Waals surface area contributed by atoms with Crippen LogP contribution >= 0.6 is 0 Å². The van der Waals surface area contributed by atoms with E-state index in [0.717, 1.165) is 22.5 Å². The van der Waals surface area contributed by atoms with Gasteiger partial charge in [0.1, 0.15) is 0 Å². The number of benzene rings is 1. The number of carboxylic acid groups (broad SMARTS) is 1. The fourth-order valence-corrected chi connectivity index (χ4v) is 1.95. The molecule has 1 aromatic carbocycles. The molecule has 0 aliphatic carbocycles. The smallest absolute Gasteiger partial charge is 0.337 e. The Kier molecular flexibility index (Phi) is 2.95. The van der Waals surface area contributed by atoms with Crippen LogP contribution in [0.3, 0.4) is 0 Å². The van der Waals surface area contributed by atoms with Crippen molar-refractivity contribution in [1.82, 2.24) is 9.78 Å². The Bertz CT molecular complexity index is 627. The molecule has 0 atom stereocenters. The molecular formula is C14H16N2O2. The highest BCUT2D eigenvalue weighted by atomic mass is 16.4. The number of aromatic nitrogens is 2. The zero-order valence-corrected chi connectivity index (χ0v) is 11.0. The molecule has 4 nitrogen and oxygen atoms in total. The third-order valence-corrected chi connectivity index (χ3v) is 3.26. The standard InChI is InChI=1S/C14H16N2O2/c1-8-5-6-12(14(17)18)13(7-8)16-11(4)9(2)10(3)15-16/h5-7H,1-4H3,(H,17,18). The maximum atomic E-state index is 11.3. The van der Waals surface area contributed by atoms with Crippen molar-refractivity contribution >= 4 is 5.97 Å². The molecule has 0 saturated carbocycles. The summed E-state index contributed by atoms with van der Waals surface area (Å²) in [6.45, 7) is 7.80. The van der Waals surface area contributed by atoms with Gasteiger partial charge in [-0.25, -0.2) is 9.48 Å². The van der Waals surface area contributed by atoms with Gasteiger partial charge in [0, 0.05) is 5.69 Å². The van der Waals surface area contributed by atoms with Crippen molar-refractivity contribution < 1.29 is 9.90 Å². The molecule has 1 N–H and O–H groups in total. The van der Waals surface area contributed by atoms with E-state index >= 15 is 0 Å². The van der Waals surface area contributed by atoms with Crippen LogP contribution in [0.15, 0.2) is 18.2 Å². The summed E-state index contributed by atoms with van der Waals surface area (Å²) >= 11 is 0. The quantitative estimate of drug-likeness (QED) is 0.883. The summed E-state index contributed by atoms with van der Waals surface area (Å²) in [5.74, 6) is -0.935. The lowest BCUT2D eigenvalue weighted by atomic mass is 10.1. The lowest BCUT2D eigenvalue weighted by molar-refractivity contribution is 0.0696. The molecule has 4 heteroatoms. The third kappa shape index (κ3) is 1.90. The van der Waals surface area contributed by atoms with E-state index < -0.39 is 5.97 Å². The molecule has 0 saturated heterocycles. The van der Waals surface area contributed by atoms with Crippen LogP contribution < -0.4 is 0 Å². The number of hydrogen-bond acceptors (Lipinski definition) is 2. The molecule has 94 valence electrons. The monoisotopic (exact) mass is 244 g/mol. The number of aromatic carboxylic acids is 1. The van der Waals surface area contributed by atoms with Crippen molar-refractivity contribution in [1.29, 1.82) is 0 Å². The Morgan fingerprint density at radius 1 is 1.22 bits per heavy atom. The first kappa shape index (κ1) is 12.4. The average molecular weight is 244 g/mol. The Morgan fingerprint density at radius 3 is 2.39 bits per heavy atom. The van der Waals surface area contributed by atoms with E-state index in [1.807, 2.05) is 33.8 Å². The van der Waals surface area contributed by atoms with E-state index in [0.29, 0.717) is 5.69 Å². The van der Waals surface area contributed by atoms with Gasteiger partial charge in [0.25, 0.3) is 0 Å². The summed E-state index contributed by atoms with van der Waals surface area (Å²) in [4.78, 5) is 11.3. The Balaban J connectivity index is 2.73. The van der Waals surface area contributed by atoms with E-state index in [-0.39, 0.29) is 5.56 Å². The zero-order valence-electron chi connectivity index (χ0n) is 11.0. The fraction of sp³-hybridized carbons (Fsp3) is 0.286. The molecule has 1 aromatic heterocycles. The van der Waals surface area contributed by atoms with Crippen LogP contribution in [0.5, 0.6) is 0 Å². The largest absolute Gasteiger partial charge is 0.478 e. The SMILES string of the molecule is Cc1ccc(C(=O)O)c(-n2nc(C)c(C)c2C)c1. The normalized spacial score (nSPS) is 10.7. The lowest BCUT2D eigenvalue weighted by Gasteiger charge is -2.09. The summed E-state index contributed by atoms with van der Waals surface area (Å²) in [6, 6.07) is 5.27. The highest BCUT2D eigenvalue weighted by molar-refractivity contribution is 5.92. The molecule has 2 aromatic rings. The van der Waals surface area contributed by atoms with Gasteiger partial charge in [-0.15, -0.1) is 0 Å². The summed E-state index contributed by atoms with van der Waals surface area (Å²) < 4.78 is 1.71. The van der Waals surface area contributed by atoms with Crippen LogP contribution in [0.2, 0.25) is 0 Å². The average Bonchev–Trinajstić information content (AvgIpc) is 2.56. The van der Waals surface area contributed by atoms with Crippen molar-refractivity contribution in [2.75, 3.05) is 0 Å². The highest BCUT2D eigenvalue weighted by Gasteiger charge is 2.16. The van der Waals surface area contributed by atoms with Gasteiger partial charge in [-0.05, 0) is 51.0 Å². The fourth-order valence-electron chi connectivity index (χ4n) is 1.95. The topological polar surface area (TPSA) is 55.1 Å². The van der Waals surface area contributed by atoms with Gasteiger partial charge in [-0.1, -0.05) is 6.07 Å². The number of aryl methyl sites for hydroxylation is 2. The lowest BCUT2D eigenvalue weighted by Crippen LogP contribution is -2.08. The molecule has 0 fully saturated rings. The predicted molar refractivity (Wildman–Crippen MR) is 69.5 cm³/mol. The highest BCUT2D eigenvalue weighted by Crippen LogP contribution is 2.21. The van der Waals surface area contributed by atoms with E-state index in [4.69, 9.17) is 0 Å². The number of carbonyl (C=O) groups is 1. The minimum Gasteiger partial charge on any atom is -0.478 e. The van der Waals surface area contributed by atoms with Crippen LogP contribution in [0, 0.1) is 27.7 Å². The number of nitrogens with zero attached hydrogens (tertiary/aromatic N) is 2. The number of rotatable bonds is 2. The van der Waals surface area contributed by atoms with E-state index in [2.05, 4.69) is 5.10 Å². The molecule has 0 aliphatic rings. The van der Waals surface area contributed by atoms with Crippen LogP contribution in [0.1, 0.15) is 32.9 Å². The molecule has 1 heterocycles. The van der Waals surface area contributed by atoms with Crippen molar-refractivity contribution in [2.24, 2.45) is 0 Å². The van der Waals surface area contributed by atoms with Crippen LogP contribution in [0.4, 0.5) is 0 Å².